The van der Waals surface area contributed by atoms with Crippen LogP contribution in [0.25, 0.3) is 54.6 Å². The van der Waals surface area contributed by atoms with Crippen molar-refractivity contribution in [1.82, 2.24) is 19.9 Å². The number of para-hydroxylation sites is 4. The molecular formula is C21H12N4OS. The minimum Gasteiger partial charge on any atom is -0.434 e. The maximum absolute atomic E-state index is 5.86. The molecule has 0 amide bonds. The first-order valence-corrected chi connectivity index (χ1v) is 9.37. The van der Waals surface area contributed by atoms with Gasteiger partial charge in [-0.3, -0.25) is 0 Å². The largest absolute Gasteiger partial charge is 0.434 e. The van der Waals surface area contributed by atoms with E-state index >= 15 is 0 Å². The first-order chi connectivity index (χ1) is 13.3. The molecule has 0 bridgehead atoms. The predicted molar refractivity (Wildman–Crippen MR) is 108 cm³/mol. The van der Waals surface area contributed by atoms with Crippen LogP contribution in [0.1, 0.15) is 0 Å². The Labute approximate surface area is 157 Å². The van der Waals surface area contributed by atoms with Gasteiger partial charge in [-0.2, -0.15) is 0 Å². The van der Waals surface area contributed by atoms with Crippen molar-refractivity contribution in [1.29, 1.82) is 0 Å². The van der Waals surface area contributed by atoms with Gasteiger partial charge in [0.1, 0.15) is 10.5 Å². The lowest BCUT2D eigenvalue weighted by atomic mass is 10.2. The Morgan fingerprint density at radius 1 is 0.778 bits per heavy atom. The van der Waals surface area contributed by atoms with E-state index in [9.17, 15) is 0 Å². The maximum atomic E-state index is 5.86. The number of imidazole rings is 1. The van der Waals surface area contributed by atoms with Crippen molar-refractivity contribution in [2.24, 2.45) is 0 Å². The van der Waals surface area contributed by atoms with Gasteiger partial charge >= 0.3 is 0 Å². The van der Waals surface area contributed by atoms with E-state index in [4.69, 9.17) is 14.4 Å². The van der Waals surface area contributed by atoms with Crippen LogP contribution in [0.5, 0.6) is 0 Å². The fourth-order valence-corrected chi connectivity index (χ4v) is 4.26. The zero-order valence-electron chi connectivity index (χ0n) is 14.0. The van der Waals surface area contributed by atoms with Gasteiger partial charge in [0, 0.05) is 5.56 Å². The first-order valence-electron chi connectivity index (χ1n) is 8.56. The van der Waals surface area contributed by atoms with Crippen molar-refractivity contribution < 1.29 is 4.42 Å². The molecule has 6 heteroatoms. The third-order valence-corrected chi connectivity index (χ3v) is 5.60. The van der Waals surface area contributed by atoms with Crippen molar-refractivity contribution >= 4 is 43.7 Å². The van der Waals surface area contributed by atoms with Gasteiger partial charge in [-0.05, 0) is 36.4 Å². The van der Waals surface area contributed by atoms with Crippen LogP contribution in [-0.4, -0.2) is 19.9 Å². The Hall–Kier alpha value is -3.51. The van der Waals surface area contributed by atoms with E-state index in [1.807, 2.05) is 54.6 Å². The van der Waals surface area contributed by atoms with Crippen molar-refractivity contribution in [2.75, 3.05) is 0 Å². The molecule has 0 radical (unpaired) electrons. The Morgan fingerprint density at radius 3 is 2.52 bits per heavy atom. The number of benzene rings is 3. The lowest BCUT2D eigenvalue weighted by molar-refractivity contribution is 0.614. The molecule has 5 nitrogen and oxygen atoms in total. The average Bonchev–Trinajstić information content (AvgIpc) is 3.41. The van der Waals surface area contributed by atoms with E-state index in [-0.39, 0.29) is 0 Å². The highest BCUT2D eigenvalue weighted by molar-refractivity contribution is 7.21. The van der Waals surface area contributed by atoms with Crippen molar-refractivity contribution in [3.05, 3.63) is 66.7 Å². The van der Waals surface area contributed by atoms with E-state index in [2.05, 4.69) is 22.1 Å². The number of rotatable bonds is 2. The summed E-state index contributed by atoms with van der Waals surface area (Å²) in [5.41, 5.74) is 5.38. The van der Waals surface area contributed by atoms with E-state index < -0.39 is 0 Å². The summed E-state index contributed by atoms with van der Waals surface area (Å²) in [4.78, 5) is 17.4. The van der Waals surface area contributed by atoms with Gasteiger partial charge < -0.3 is 9.40 Å². The fourth-order valence-electron chi connectivity index (χ4n) is 3.27. The molecule has 6 aromatic rings. The lowest BCUT2D eigenvalue weighted by Gasteiger charge is -1.96. The number of fused-ring (bicyclic) bond motifs is 3. The Kier molecular flexibility index (Phi) is 2.98. The summed E-state index contributed by atoms with van der Waals surface area (Å²) in [6.07, 6.45) is 0. The van der Waals surface area contributed by atoms with Crippen LogP contribution in [0.15, 0.2) is 71.1 Å². The SMILES string of the molecule is c1ccc2oc(-c3nc4c(-c5nc6ccccc6s5)cccc4[nH]3)nc2c1. The number of hydrogen-bond acceptors (Lipinski definition) is 5. The summed E-state index contributed by atoms with van der Waals surface area (Å²) in [7, 11) is 0. The molecule has 3 aromatic heterocycles. The first kappa shape index (κ1) is 14.6. The van der Waals surface area contributed by atoms with Gasteiger partial charge in [-0.15, -0.1) is 11.3 Å². The molecule has 0 aliphatic carbocycles. The smallest absolute Gasteiger partial charge is 0.264 e. The Morgan fingerprint density at radius 2 is 1.63 bits per heavy atom. The molecule has 0 aliphatic rings. The topological polar surface area (TPSA) is 67.6 Å². The van der Waals surface area contributed by atoms with Crippen LogP contribution < -0.4 is 0 Å². The lowest BCUT2D eigenvalue weighted by Crippen LogP contribution is -1.80. The van der Waals surface area contributed by atoms with E-state index in [1.54, 1.807) is 11.3 Å². The van der Waals surface area contributed by atoms with E-state index in [0.717, 1.165) is 38.2 Å². The molecule has 0 aliphatic heterocycles. The second-order valence-corrected chi connectivity index (χ2v) is 7.29. The molecule has 128 valence electrons. The Balaban J connectivity index is 1.55. The molecule has 6 rings (SSSR count). The molecular weight excluding hydrogens is 356 g/mol. The zero-order valence-corrected chi connectivity index (χ0v) is 14.8. The van der Waals surface area contributed by atoms with Crippen LogP contribution in [0.3, 0.4) is 0 Å². The van der Waals surface area contributed by atoms with Gasteiger partial charge in [0.2, 0.25) is 0 Å². The normalized spacial score (nSPS) is 11.7. The maximum Gasteiger partial charge on any atom is 0.264 e. The zero-order chi connectivity index (χ0) is 17.8. The van der Waals surface area contributed by atoms with Gasteiger partial charge in [0.15, 0.2) is 11.4 Å². The van der Waals surface area contributed by atoms with Gasteiger partial charge in [0.05, 0.1) is 21.3 Å². The van der Waals surface area contributed by atoms with Crippen LogP contribution in [0, 0.1) is 0 Å². The summed E-state index contributed by atoms with van der Waals surface area (Å²) in [5.74, 6) is 1.11. The summed E-state index contributed by atoms with van der Waals surface area (Å²) in [6, 6.07) is 21.9. The van der Waals surface area contributed by atoms with Crippen LogP contribution >= 0.6 is 11.3 Å². The van der Waals surface area contributed by atoms with Gasteiger partial charge in [-0.1, -0.05) is 30.3 Å². The van der Waals surface area contributed by atoms with Crippen LogP contribution in [0.4, 0.5) is 0 Å². The summed E-state index contributed by atoms with van der Waals surface area (Å²) in [6.45, 7) is 0. The molecule has 0 atom stereocenters. The highest BCUT2D eigenvalue weighted by Gasteiger charge is 2.16. The Bertz CT molecular complexity index is 1380. The van der Waals surface area contributed by atoms with E-state index in [1.165, 1.54) is 4.70 Å². The number of aromatic amines is 1. The second kappa shape index (κ2) is 5.49. The molecule has 0 unspecified atom stereocenters. The third kappa shape index (κ3) is 2.27. The minimum atomic E-state index is 0.489. The number of aromatic nitrogens is 4. The molecule has 0 fully saturated rings. The van der Waals surface area contributed by atoms with Crippen LogP contribution in [0.2, 0.25) is 0 Å². The predicted octanol–water partition coefficient (Wildman–Crippen LogP) is 5.65. The average molecular weight is 368 g/mol. The number of nitrogens with zero attached hydrogens (tertiary/aromatic N) is 3. The summed E-state index contributed by atoms with van der Waals surface area (Å²) >= 11 is 1.67. The quantitative estimate of drug-likeness (QED) is 0.429. The van der Waals surface area contributed by atoms with Crippen LogP contribution in [-0.2, 0) is 0 Å². The molecule has 0 saturated heterocycles. The molecule has 3 aromatic carbocycles. The van der Waals surface area contributed by atoms with Gasteiger partial charge in [0.25, 0.3) is 5.89 Å². The van der Waals surface area contributed by atoms with E-state index in [0.29, 0.717) is 11.7 Å². The second-order valence-electron chi connectivity index (χ2n) is 6.26. The van der Waals surface area contributed by atoms with Crippen molar-refractivity contribution in [3.63, 3.8) is 0 Å². The van der Waals surface area contributed by atoms with Crippen molar-refractivity contribution in [2.45, 2.75) is 0 Å². The number of thiazole rings is 1. The molecule has 0 spiro atoms. The number of oxazole rings is 1. The number of nitrogens with one attached hydrogen (secondary N) is 1. The molecule has 1 N–H and O–H groups in total. The molecule has 0 saturated carbocycles. The number of H-pyrrole nitrogens is 1. The standard InChI is InChI=1S/C21H12N4OS/c1-3-10-16-13(7-1)23-20(26-16)19-22-15-9-5-6-12(18(15)25-19)21-24-14-8-2-4-11-17(14)27-21/h1-11H,(H,22,25). The highest BCUT2D eigenvalue weighted by Crippen LogP contribution is 2.35. The third-order valence-electron chi connectivity index (χ3n) is 4.53. The van der Waals surface area contributed by atoms with Crippen molar-refractivity contribution in [3.8, 4) is 22.3 Å². The highest BCUT2D eigenvalue weighted by atomic mass is 32.1. The fraction of sp³-hybridized carbons (Fsp3) is 0. The molecule has 3 heterocycles. The summed E-state index contributed by atoms with van der Waals surface area (Å²) in [5, 5.41) is 0.956. The van der Waals surface area contributed by atoms with Gasteiger partial charge in [-0.25, -0.2) is 15.0 Å². The minimum absolute atomic E-state index is 0.489. The number of hydrogen-bond donors (Lipinski definition) is 1. The monoisotopic (exact) mass is 368 g/mol. The summed E-state index contributed by atoms with van der Waals surface area (Å²) < 4.78 is 7.03. The molecule has 27 heavy (non-hydrogen) atoms.